The first-order valence-electron chi connectivity index (χ1n) is 10.4. The van der Waals surface area contributed by atoms with E-state index in [0.717, 1.165) is 28.2 Å². The Morgan fingerprint density at radius 1 is 0.875 bits per heavy atom. The Balaban J connectivity index is 1.59. The van der Waals surface area contributed by atoms with Crippen LogP contribution in [0, 0.1) is 0 Å². The number of ketones is 1. The fraction of sp³-hybridized carbons (Fsp3) is 0.154. The Morgan fingerprint density at radius 2 is 1.50 bits per heavy atom. The summed E-state index contributed by atoms with van der Waals surface area (Å²) in [6, 6.07) is 28.3. The van der Waals surface area contributed by atoms with Crippen LogP contribution in [0.1, 0.15) is 17.7 Å². The van der Waals surface area contributed by atoms with Crippen molar-refractivity contribution in [1.29, 1.82) is 0 Å². The number of hydrogen-bond acceptors (Lipinski definition) is 4. The summed E-state index contributed by atoms with van der Waals surface area (Å²) in [5, 5.41) is 4.74. The highest BCUT2D eigenvalue weighted by Gasteiger charge is 2.14. The first kappa shape index (κ1) is 21.7. The molecule has 4 rings (SSSR count). The molecular weight excluding hydrogens is 420 g/mol. The van der Waals surface area contributed by atoms with Gasteiger partial charge in [0.05, 0.1) is 22.0 Å². The minimum Gasteiger partial charge on any atom is -0.299 e. The van der Waals surface area contributed by atoms with Gasteiger partial charge in [-0.1, -0.05) is 60.7 Å². The Hall–Kier alpha value is -3.51. The number of benzene rings is 3. The first-order valence-corrected chi connectivity index (χ1v) is 12.3. The van der Waals surface area contributed by atoms with Gasteiger partial charge in [0.25, 0.3) is 0 Å². The number of hydrogen-bond donors (Lipinski definition) is 0. The third-order valence-electron chi connectivity index (χ3n) is 5.24. The van der Waals surface area contributed by atoms with Crippen LogP contribution in [0.3, 0.4) is 0 Å². The second kappa shape index (κ2) is 9.32. The van der Waals surface area contributed by atoms with E-state index in [2.05, 4.69) is 0 Å². The topological polar surface area (TPSA) is 69.0 Å². The second-order valence-electron chi connectivity index (χ2n) is 7.77. The molecule has 0 aliphatic heterocycles. The maximum absolute atomic E-state index is 12.5. The van der Waals surface area contributed by atoms with E-state index in [-0.39, 0.29) is 10.7 Å². The van der Waals surface area contributed by atoms with Crippen LogP contribution in [0.4, 0.5) is 0 Å². The van der Waals surface area contributed by atoms with E-state index < -0.39 is 9.84 Å². The SMILES string of the molecule is CS(=O)(=O)c1ccc(-n2nc(CCC(=O)Cc3ccccc3)cc2-c2ccccc2)cc1. The van der Waals surface area contributed by atoms with E-state index in [1.807, 2.05) is 66.7 Å². The molecular formula is C26H24N2O3S. The molecule has 0 radical (unpaired) electrons. The largest absolute Gasteiger partial charge is 0.299 e. The molecule has 0 N–H and O–H groups in total. The van der Waals surface area contributed by atoms with Crippen LogP contribution >= 0.6 is 0 Å². The van der Waals surface area contributed by atoms with Gasteiger partial charge >= 0.3 is 0 Å². The van der Waals surface area contributed by atoms with Gasteiger partial charge in [-0.2, -0.15) is 5.10 Å². The van der Waals surface area contributed by atoms with Gasteiger partial charge in [0, 0.05) is 24.7 Å². The van der Waals surface area contributed by atoms with Gasteiger partial charge in [0.1, 0.15) is 5.78 Å². The molecule has 32 heavy (non-hydrogen) atoms. The van der Waals surface area contributed by atoms with Gasteiger partial charge in [0.2, 0.25) is 0 Å². The van der Waals surface area contributed by atoms with Crippen LogP contribution in [0.2, 0.25) is 0 Å². The lowest BCUT2D eigenvalue weighted by atomic mass is 10.0. The fourth-order valence-corrected chi connectivity index (χ4v) is 4.21. The standard InChI is InChI=1S/C26H24N2O3S/c1-32(30,31)25-16-13-23(14-17-25)28-26(21-10-6-3-7-11-21)19-22(27-28)12-15-24(29)18-20-8-4-2-5-9-20/h2-11,13-14,16-17,19H,12,15,18H2,1H3. The fourth-order valence-electron chi connectivity index (χ4n) is 3.58. The van der Waals surface area contributed by atoms with Gasteiger partial charge in [-0.15, -0.1) is 0 Å². The Labute approximate surface area is 188 Å². The maximum atomic E-state index is 12.5. The predicted octanol–water partition coefficient (Wildman–Crippen LogP) is 4.69. The minimum atomic E-state index is -3.27. The molecule has 0 aliphatic rings. The number of carbonyl (C=O) groups excluding carboxylic acids is 1. The minimum absolute atomic E-state index is 0.171. The third-order valence-corrected chi connectivity index (χ3v) is 6.37. The van der Waals surface area contributed by atoms with Gasteiger partial charge in [0.15, 0.2) is 9.84 Å². The smallest absolute Gasteiger partial charge is 0.175 e. The summed E-state index contributed by atoms with van der Waals surface area (Å²) in [6.07, 6.45) is 2.56. The molecule has 0 unspecified atom stereocenters. The number of sulfone groups is 1. The number of nitrogens with zero attached hydrogens (tertiary/aromatic N) is 2. The average Bonchev–Trinajstić information content (AvgIpc) is 3.23. The Morgan fingerprint density at radius 3 is 2.12 bits per heavy atom. The van der Waals surface area contributed by atoms with Crippen LogP contribution in [0.15, 0.2) is 95.9 Å². The van der Waals surface area contributed by atoms with Crippen molar-refractivity contribution < 1.29 is 13.2 Å². The molecule has 1 aromatic heterocycles. The summed E-state index contributed by atoms with van der Waals surface area (Å²) < 4.78 is 25.4. The van der Waals surface area contributed by atoms with Crippen molar-refractivity contribution in [3.05, 3.63) is 102 Å². The summed E-state index contributed by atoms with van der Waals surface area (Å²) >= 11 is 0. The van der Waals surface area contributed by atoms with Crippen LogP contribution in [0.25, 0.3) is 16.9 Å². The molecule has 3 aromatic carbocycles. The summed E-state index contributed by atoms with van der Waals surface area (Å²) in [5.41, 5.74) is 4.48. The van der Waals surface area contributed by atoms with Crippen molar-refractivity contribution in [3.63, 3.8) is 0 Å². The van der Waals surface area contributed by atoms with Crippen molar-refractivity contribution in [2.45, 2.75) is 24.2 Å². The molecule has 0 saturated carbocycles. The molecule has 0 atom stereocenters. The van der Waals surface area contributed by atoms with Crippen molar-refractivity contribution in [2.24, 2.45) is 0 Å². The lowest BCUT2D eigenvalue weighted by Crippen LogP contribution is -2.05. The summed E-state index contributed by atoms with van der Waals surface area (Å²) in [7, 11) is -3.27. The number of rotatable bonds is 8. The molecule has 162 valence electrons. The number of carbonyl (C=O) groups is 1. The van der Waals surface area contributed by atoms with E-state index in [4.69, 9.17) is 5.10 Å². The summed E-state index contributed by atoms with van der Waals surface area (Å²) in [5.74, 6) is 0.171. The normalized spacial score (nSPS) is 11.4. The zero-order valence-corrected chi connectivity index (χ0v) is 18.6. The van der Waals surface area contributed by atoms with Gasteiger partial charge < -0.3 is 0 Å². The van der Waals surface area contributed by atoms with Crippen LogP contribution in [-0.4, -0.2) is 30.2 Å². The molecule has 0 aliphatic carbocycles. The van der Waals surface area contributed by atoms with E-state index in [1.54, 1.807) is 28.9 Å². The highest BCUT2D eigenvalue weighted by atomic mass is 32.2. The molecule has 1 heterocycles. The molecule has 0 bridgehead atoms. The predicted molar refractivity (Wildman–Crippen MR) is 126 cm³/mol. The van der Waals surface area contributed by atoms with Crippen LogP contribution in [0.5, 0.6) is 0 Å². The van der Waals surface area contributed by atoms with Crippen molar-refractivity contribution in [2.75, 3.05) is 6.26 Å². The van der Waals surface area contributed by atoms with E-state index in [0.29, 0.717) is 19.3 Å². The molecule has 4 aromatic rings. The maximum Gasteiger partial charge on any atom is 0.175 e. The second-order valence-corrected chi connectivity index (χ2v) is 9.78. The van der Waals surface area contributed by atoms with E-state index in [9.17, 15) is 13.2 Å². The highest BCUT2D eigenvalue weighted by molar-refractivity contribution is 7.90. The van der Waals surface area contributed by atoms with E-state index in [1.165, 1.54) is 6.26 Å². The monoisotopic (exact) mass is 444 g/mol. The molecule has 0 amide bonds. The van der Waals surface area contributed by atoms with Crippen molar-refractivity contribution in [3.8, 4) is 16.9 Å². The lowest BCUT2D eigenvalue weighted by molar-refractivity contribution is -0.118. The molecule has 5 nitrogen and oxygen atoms in total. The number of aromatic nitrogens is 2. The molecule has 0 spiro atoms. The quantitative estimate of drug-likeness (QED) is 0.395. The Bertz CT molecular complexity index is 1310. The summed E-state index contributed by atoms with van der Waals surface area (Å²) in [6.45, 7) is 0. The number of aryl methyl sites for hydroxylation is 1. The molecule has 0 fully saturated rings. The van der Waals surface area contributed by atoms with Crippen LogP contribution in [-0.2, 0) is 27.5 Å². The lowest BCUT2D eigenvalue weighted by Gasteiger charge is -2.08. The zero-order chi connectivity index (χ0) is 22.6. The third kappa shape index (κ3) is 5.21. The first-order chi connectivity index (χ1) is 15.4. The van der Waals surface area contributed by atoms with Crippen molar-refractivity contribution >= 4 is 15.6 Å². The van der Waals surface area contributed by atoms with Gasteiger partial charge in [-0.25, -0.2) is 13.1 Å². The average molecular weight is 445 g/mol. The summed E-state index contributed by atoms with van der Waals surface area (Å²) in [4.78, 5) is 12.7. The van der Waals surface area contributed by atoms with Gasteiger partial charge in [-0.3, -0.25) is 4.79 Å². The van der Waals surface area contributed by atoms with Gasteiger partial charge in [-0.05, 0) is 42.3 Å². The van der Waals surface area contributed by atoms with E-state index >= 15 is 0 Å². The zero-order valence-electron chi connectivity index (χ0n) is 17.8. The highest BCUT2D eigenvalue weighted by Crippen LogP contribution is 2.25. The van der Waals surface area contributed by atoms with Crippen LogP contribution < -0.4 is 0 Å². The van der Waals surface area contributed by atoms with Crippen molar-refractivity contribution in [1.82, 2.24) is 9.78 Å². The Kier molecular flexibility index (Phi) is 6.32. The molecule has 0 saturated heterocycles. The molecule has 6 heteroatoms. The number of Topliss-reactive ketones (excluding diaryl/α,β-unsaturated/α-hetero) is 1.